The molecule has 2 rings (SSSR count). The summed E-state index contributed by atoms with van der Waals surface area (Å²) >= 11 is 1.15. The Kier molecular flexibility index (Phi) is 4.20. The highest BCUT2D eigenvalue weighted by atomic mass is 32.2. The van der Waals surface area contributed by atoms with E-state index in [2.05, 4.69) is 5.32 Å². The van der Waals surface area contributed by atoms with Gasteiger partial charge < -0.3 is 10.4 Å². The minimum absolute atomic E-state index is 0.0527. The Bertz CT molecular complexity index is 704. The van der Waals surface area contributed by atoms with Crippen molar-refractivity contribution in [1.82, 2.24) is 5.32 Å². The summed E-state index contributed by atoms with van der Waals surface area (Å²) in [5.41, 5.74) is -0.739. The number of hydrogen-bond acceptors (Lipinski definition) is 5. The first-order chi connectivity index (χ1) is 9.69. The Morgan fingerprint density at radius 2 is 2.14 bits per heavy atom. The van der Waals surface area contributed by atoms with E-state index >= 15 is 0 Å². The van der Waals surface area contributed by atoms with Crippen LogP contribution in [0.1, 0.15) is 27.9 Å². The van der Waals surface area contributed by atoms with Gasteiger partial charge in [-0.1, -0.05) is 0 Å². The van der Waals surface area contributed by atoms with E-state index in [1.165, 1.54) is 6.08 Å². The van der Waals surface area contributed by atoms with Crippen molar-refractivity contribution in [2.45, 2.75) is 18.9 Å². The molecule has 1 unspecified atom stereocenters. The second-order valence-electron chi connectivity index (χ2n) is 5.23. The summed E-state index contributed by atoms with van der Waals surface area (Å²) in [6.07, 6.45) is 2.81. The maximum Gasteiger partial charge on any atom is 0.328 e. The molecular formula is C13H15NO5S2. The van der Waals surface area contributed by atoms with Gasteiger partial charge in [-0.05, 0) is 31.6 Å². The van der Waals surface area contributed by atoms with Crippen molar-refractivity contribution in [3.63, 3.8) is 0 Å². The predicted octanol–water partition coefficient (Wildman–Crippen LogP) is 1.15. The van der Waals surface area contributed by atoms with E-state index in [4.69, 9.17) is 5.11 Å². The highest BCUT2D eigenvalue weighted by Gasteiger charge is 2.39. The molecule has 0 spiro atoms. The molecule has 1 saturated heterocycles. The Hall–Kier alpha value is -1.67. The first-order valence-electron chi connectivity index (χ1n) is 6.23. The van der Waals surface area contributed by atoms with Crippen molar-refractivity contribution in [3.8, 4) is 0 Å². The number of aliphatic carboxylic acids is 1. The molecule has 1 aromatic rings. The number of hydrogen-bond donors (Lipinski definition) is 2. The zero-order chi connectivity index (χ0) is 15.7. The van der Waals surface area contributed by atoms with Crippen molar-refractivity contribution in [3.05, 3.63) is 28.0 Å². The molecule has 0 saturated carbocycles. The zero-order valence-corrected chi connectivity index (χ0v) is 13.0. The number of rotatable bonds is 4. The molecule has 21 heavy (non-hydrogen) atoms. The van der Waals surface area contributed by atoms with Gasteiger partial charge in [0.05, 0.1) is 21.9 Å². The SMILES string of the molecule is CC1(NC(=O)c2ccc(C=CC(=O)O)s2)CCS(=O)(=O)C1. The number of carbonyl (C=O) groups is 2. The van der Waals surface area contributed by atoms with E-state index in [0.29, 0.717) is 16.2 Å². The highest BCUT2D eigenvalue weighted by molar-refractivity contribution is 7.91. The first kappa shape index (κ1) is 15.7. The maximum atomic E-state index is 12.1. The normalized spacial score (nSPS) is 24.2. The van der Waals surface area contributed by atoms with Crippen molar-refractivity contribution in [2.24, 2.45) is 0 Å². The molecule has 1 amide bonds. The molecule has 0 radical (unpaired) electrons. The third kappa shape index (κ3) is 4.15. The molecule has 0 aliphatic carbocycles. The van der Waals surface area contributed by atoms with Gasteiger partial charge in [0.1, 0.15) is 0 Å². The van der Waals surface area contributed by atoms with Gasteiger partial charge in [0.2, 0.25) is 0 Å². The number of carboxylic acids is 1. The van der Waals surface area contributed by atoms with E-state index in [1.807, 2.05) is 0 Å². The van der Waals surface area contributed by atoms with Crippen LogP contribution in [0.2, 0.25) is 0 Å². The summed E-state index contributed by atoms with van der Waals surface area (Å²) < 4.78 is 23.0. The lowest BCUT2D eigenvalue weighted by Crippen LogP contribution is -2.46. The number of thiophene rings is 1. The van der Waals surface area contributed by atoms with Crippen LogP contribution in [0, 0.1) is 0 Å². The van der Waals surface area contributed by atoms with E-state index in [-0.39, 0.29) is 17.4 Å². The average Bonchev–Trinajstić information content (AvgIpc) is 2.91. The molecule has 2 N–H and O–H groups in total. The van der Waals surface area contributed by atoms with Gasteiger partial charge in [-0.3, -0.25) is 4.79 Å². The van der Waals surface area contributed by atoms with E-state index in [9.17, 15) is 18.0 Å². The van der Waals surface area contributed by atoms with Crippen molar-refractivity contribution < 1.29 is 23.1 Å². The number of carbonyl (C=O) groups excluding carboxylic acids is 1. The van der Waals surface area contributed by atoms with Crippen LogP contribution in [-0.2, 0) is 14.6 Å². The second-order valence-corrected chi connectivity index (χ2v) is 8.53. The van der Waals surface area contributed by atoms with Gasteiger partial charge in [0, 0.05) is 11.0 Å². The molecule has 1 atom stereocenters. The van der Waals surface area contributed by atoms with Crippen LogP contribution < -0.4 is 5.32 Å². The van der Waals surface area contributed by atoms with Crippen LogP contribution in [0.5, 0.6) is 0 Å². The molecule has 1 aromatic heterocycles. The Labute approximate surface area is 126 Å². The maximum absolute atomic E-state index is 12.1. The molecule has 114 valence electrons. The van der Waals surface area contributed by atoms with Gasteiger partial charge in [-0.15, -0.1) is 11.3 Å². The van der Waals surface area contributed by atoms with Crippen molar-refractivity contribution >= 4 is 39.1 Å². The number of nitrogens with one attached hydrogen (secondary N) is 1. The fourth-order valence-corrected chi connectivity index (χ4v) is 5.06. The molecule has 0 bridgehead atoms. The summed E-state index contributed by atoms with van der Waals surface area (Å²) in [5.74, 6) is -1.36. The number of amides is 1. The summed E-state index contributed by atoms with van der Waals surface area (Å²) in [7, 11) is -3.08. The Morgan fingerprint density at radius 3 is 2.71 bits per heavy atom. The van der Waals surface area contributed by atoms with Crippen LogP contribution in [0.25, 0.3) is 6.08 Å². The molecule has 1 aliphatic heterocycles. The van der Waals surface area contributed by atoms with Crippen LogP contribution in [-0.4, -0.2) is 42.4 Å². The van der Waals surface area contributed by atoms with Gasteiger partial charge in [-0.25, -0.2) is 13.2 Å². The van der Waals surface area contributed by atoms with Gasteiger partial charge in [0.15, 0.2) is 9.84 Å². The topological polar surface area (TPSA) is 101 Å². The molecule has 8 heteroatoms. The second kappa shape index (κ2) is 5.61. The number of carboxylic acid groups (broad SMARTS) is 1. The minimum Gasteiger partial charge on any atom is -0.478 e. The summed E-state index contributed by atoms with van der Waals surface area (Å²) in [4.78, 5) is 23.6. The lowest BCUT2D eigenvalue weighted by molar-refractivity contribution is -0.131. The molecule has 0 aromatic carbocycles. The fraction of sp³-hybridized carbons (Fsp3) is 0.385. The molecular weight excluding hydrogens is 314 g/mol. The van der Waals surface area contributed by atoms with E-state index in [0.717, 1.165) is 17.4 Å². The standard InChI is InChI=1S/C13H15NO5S2/c1-13(6-7-21(18,19)8-13)14-12(17)10-4-2-9(20-10)3-5-11(15)16/h2-5H,6-8H2,1H3,(H,14,17)(H,15,16). The highest BCUT2D eigenvalue weighted by Crippen LogP contribution is 2.25. The van der Waals surface area contributed by atoms with Crippen LogP contribution in [0.3, 0.4) is 0 Å². The van der Waals surface area contributed by atoms with Crippen molar-refractivity contribution in [2.75, 3.05) is 11.5 Å². The molecule has 1 aliphatic rings. The van der Waals surface area contributed by atoms with Gasteiger partial charge in [0.25, 0.3) is 5.91 Å². The monoisotopic (exact) mass is 329 g/mol. The lowest BCUT2D eigenvalue weighted by Gasteiger charge is -2.23. The van der Waals surface area contributed by atoms with Crippen molar-refractivity contribution in [1.29, 1.82) is 0 Å². The van der Waals surface area contributed by atoms with Crippen LogP contribution in [0.4, 0.5) is 0 Å². The summed E-state index contributed by atoms with van der Waals surface area (Å²) in [6, 6.07) is 3.24. The average molecular weight is 329 g/mol. The largest absolute Gasteiger partial charge is 0.478 e. The minimum atomic E-state index is -3.08. The zero-order valence-electron chi connectivity index (χ0n) is 11.3. The van der Waals surface area contributed by atoms with Crippen LogP contribution >= 0.6 is 11.3 Å². The third-order valence-corrected chi connectivity index (χ3v) is 6.11. The van der Waals surface area contributed by atoms with E-state index < -0.39 is 21.3 Å². The molecule has 6 nitrogen and oxygen atoms in total. The smallest absolute Gasteiger partial charge is 0.328 e. The molecule has 1 fully saturated rings. The summed E-state index contributed by atoms with van der Waals surface area (Å²) in [5, 5.41) is 11.3. The Morgan fingerprint density at radius 1 is 1.43 bits per heavy atom. The first-order valence-corrected chi connectivity index (χ1v) is 8.87. The molecule has 2 heterocycles. The van der Waals surface area contributed by atoms with Gasteiger partial charge in [-0.2, -0.15) is 0 Å². The predicted molar refractivity (Wildman–Crippen MR) is 80.1 cm³/mol. The fourth-order valence-electron chi connectivity index (χ4n) is 2.16. The number of sulfone groups is 1. The summed E-state index contributed by atoms with van der Waals surface area (Å²) in [6.45, 7) is 1.72. The van der Waals surface area contributed by atoms with E-state index in [1.54, 1.807) is 19.1 Å². The lowest BCUT2D eigenvalue weighted by atomic mass is 10.0. The Balaban J connectivity index is 2.06. The third-order valence-electron chi connectivity index (χ3n) is 3.16. The quantitative estimate of drug-likeness (QED) is 0.807. The van der Waals surface area contributed by atoms with Crippen LogP contribution in [0.15, 0.2) is 18.2 Å². The van der Waals surface area contributed by atoms with Gasteiger partial charge >= 0.3 is 5.97 Å².